The second kappa shape index (κ2) is 6.75. The lowest BCUT2D eigenvalue weighted by Crippen LogP contribution is -2.20. The van der Waals surface area contributed by atoms with Crippen molar-refractivity contribution in [3.63, 3.8) is 0 Å². The number of nitrogens with one attached hydrogen (secondary N) is 1. The van der Waals surface area contributed by atoms with Crippen molar-refractivity contribution in [2.24, 2.45) is 19.8 Å². The summed E-state index contributed by atoms with van der Waals surface area (Å²) in [5.41, 5.74) is 7.42. The zero-order chi connectivity index (χ0) is 18.8. The fraction of sp³-hybridized carbons (Fsp3) is 0.167. The summed E-state index contributed by atoms with van der Waals surface area (Å²) in [6.45, 7) is -0.228. The molecule has 1 aromatic heterocycles. The Balaban J connectivity index is 1.69. The molecule has 0 spiro atoms. The van der Waals surface area contributed by atoms with Crippen LogP contribution < -0.4 is 21.5 Å². The van der Waals surface area contributed by atoms with Crippen molar-refractivity contribution in [1.29, 1.82) is 0 Å². The monoisotopic (exact) mass is 354 g/mol. The van der Waals surface area contributed by atoms with Crippen molar-refractivity contribution in [1.82, 2.24) is 9.13 Å². The fourth-order valence-corrected chi connectivity index (χ4v) is 2.67. The summed E-state index contributed by atoms with van der Waals surface area (Å²) < 4.78 is 8.43. The van der Waals surface area contributed by atoms with E-state index in [1.165, 1.54) is 15.2 Å². The number of nitrogens with two attached hydrogens (primary N) is 1. The molecule has 0 aliphatic heterocycles. The van der Waals surface area contributed by atoms with E-state index in [1.54, 1.807) is 50.5 Å². The maximum Gasteiger partial charge on any atom is 0.328 e. The van der Waals surface area contributed by atoms with E-state index < -0.39 is 5.91 Å². The number of nitrogens with zero attached hydrogens (tertiary/aromatic N) is 2. The zero-order valence-electron chi connectivity index (χ0n) is 14.4. The normalized spacial score (nSPS) is 10.7. The minimum atomic E-state index is -0.568. The van der Waals surface area contributed by atoms with Crippen molar-refractivity contribution in [2.45, 2.75) is 0 Å². The second-order valence-electron chi connectivity index (χ2n) is 5.83. The van der Waals surface area contributed by atoms with Crippen molar-refractivity contribution >= 4 is 28.5 Å². The first-order valence-corrected chi connectivity index (χ1v) is 7.85. The number of primary amides is 1. The molecule has 0 aliphatic carbocycles. The number of hydrogen-bond donors (Lipinski definition) is 2. The van der Waals surface area contributed by atoms with Crippen LogP contribution in [0.3, 0.4) is 0 Å². The van der Waals surface area contributed by atoms with Crippen LogP contribution in [0, 0.1) is 0 Å². The zero-order valence-corrected chi connectivity index (χ0v) is 14.4. The van der Waals surface area contributed by atoms with Crippen LogP contribution in [-0.2, 0) is 18.9 Å². The molecular formula is C18H18N4O4. The van der Waals surface area contributed by atoms with Gasteiger partial charge in [0.05, 0.1) is 11.0 Å². The minimum Gasteiger partial charge on any atom is -0.484 e. The Morgan fingerprint density at radius 3 is 2.54 bits per heavy atom. The third kappa shape index (κ3) is 3.30. The topological polar surface area (TPSA) is 108 Å². The smallest absolute Gasteiger partial charge is 0.328 e. The van der Waals surface area contributed by atoms with Gasteiger partial charge in [-0.25, -0.2) is 4.79 Å². The Labute approximate surface area is 148 Å². The molecular weight excluding hydrogens is 336 g/mol. The van der Waals surface area contributed by atoms with Crippen molar-refractivity contribution < 1.29 is 14.3 Å². The molecule has 3 aromatic rings. The van der Waals surface area contributed by atoms with Gasteiger partial charge < -0.3 is 15.8 Å². The van der Waals surface area contributed by atoms with E-state index in [-0.39, 0.29) is 18.2 Å². The maximum atomic E-state index is 12.1. The molecule has 0 saturated carbocycles. The maximum absolute atomic E-state index is 12.1. The predicted octanol–water partition coefficient (Wildman–Crippen LogP) is 0.993. The highest BCUT2D eigenvalue weighted by Crippen LogP contribution is 2.18. The molecule has 0 saturated heterocycles. The first-order valence-electron chi connectivity index (χ1n) is 7.85. The highest BCUT2D eigenvalue weighted by Gasteiger charge is 2.10. The Bertz CT molecular complexity index is 1060. The van der Waals surface area contributed by atoms with Gasteiger partial charge in [-0.1, -0.05) is 6.07 Å². The molecule has 0 aliphatic rings. The molecule has 0 unspecified atom stereocenters. The number of carbonyl (C=O) groups excluding carboxylic acids is 2. The van der Waals surface area contributed by atoms with E-state index in [1.807, 2.05) is 0 Å². The molecule has 3 N–H and O–H groups in total. The van der Waals surface area contributed by atoms with Crippen molar-refractivity contribution in [3.05, 3.63) is 58.5 Å². The molecule has 0 atom stereocenters. The molecule has 26 heavy (non-hydrogen) atoms. The van der Waals surface area contributed by atoms with Gasteiger partial charge in [-0.2, -0.15) is 0 Å². The number of anilines is 1. The fourth-order valence-electron chi connectivity index (χ4n) is 2.67. The van der Waals surface area contributed by atoms with Gasteiger partial charge in [-0.05, 0) is 36.4 Å². The Morgan fingerprint density at radius 1 is 1.08 bits per heavy atom. The molecule has 3 rings (SSSR count). The van der Waals surface area contributed by atoms with Gasteiger partial charge >= 0.3 is 5.69 Å². The average molecular weight is 354 g/mol. The summed E-state index contributed by atoms with van der Waals surface area (Å²) in [5, 5.41) is 2.72. The number of benzene rings is 2. The largest absolute Gasteiger partial charge is 0.484 e. The minimum absolute atomic E-state index is 0.138. The number of fused-ring (bicyclic) bond motifs is 1. The summed E-state index contributed by atoms with van der Waals surface area (Å²) in [5.74, 6) is -0.561. The highest BCUT2D eigenvalue weighted by atomic mass is 16.5. The standard InChI is InChI=1S/C18H18N4O4/c1-21-14-7-6-12(9-15(14)22(2)18(21)25)20-16(23)10-26-13-5-3-4-11(8-13)17(19)24/h3-9H,10H2,1-2H3,(H2,19,24)(H,20,23). The Morgan fingerprint density at radius 2 is 1.81 bits per heavy atom. The lowest BCUT2D eigenvalue weighted by Gasteiger charge is -2.08. The SMILES string of the molecule is Cn1c(=O)n(C)c2cc(NC(=O)COc3cccc(C(N)=O)c3)ccc21. The molecule has 134 valence electrons. The van der Waals surface area contributed by atoms with Crippen LogP contribution in [0.4, 0.5) is 5.69 Å². The van der Waals surface area contributed by atoms with Gasteiger partial charge in [0, 0.05) is 25.3 Å². The average Bonchev–Trinajstić information content (AvgIpc) is 2.84. The van der Waals surface area contributed by atoms with Gasteiger partial charge in [0.2, 0.25) is 5.91 Å². The number of rotatable bonds is 5. The van der Waals surface area contributed by atoms with Gasteiger partial charge in [0.1, 0.15) is 5.75 Å². The molecule has 0 fully saturated rings. The number of imidazole rings is 1. The van der Waals surface area contributed by atoms with Crippen LogP contribution >= 0.6 is 0 Å². The van der Waals surface area contributed by atoms with Crippen LogP contribution in [0.2, 0.25) is 0 Å². The van der Waals surface area contributed by atoms with Crippen LogP contribution in [0.25, 0.3) is 11.0 Å². The quantitative estimate of drug-likeness (QED) is 0.712. The number of aromatic nitrogens is 2. The Kier molecular flexibility index (Phi) is 4.49. The predicted molar refractivity (Wildman–Crippen MR) is 97.2 cm³/mol. The van der Waals surface area contributed by atoms with Crippen molar-refractivity contribution in [3.8, 4) is 5.75 Å². The summed E-state index contributed by atoms with van der Waals surface area (Å²) in [4.78, 5) is 35.2. The van der Waals surface area contributed by atoms with Crippen LogP contribution in [0.1, 0.15) is 10.4 Å². The number of aryl methyl sites for hydroxylation is 2. The van der Waals surface area contributed by atoms with Crippen LogP contribution in [0.5, 0.6) is 5.75 Å². The van der Waals surface area contributed by atoms with Crippen molar-refractivity contribution in [2.75, 3.05) is 11.9 Å². The third-order valence-corrected chi connectivity index (χ3v) is 4.04. The number of amides is 2. The van der Waals surface area contributed by atoms with Crippen LogP contribution in [-0.4, -0.2) is 27.6 Å². The molecule has 0 radical (unpaired) electrons. The molecule has 2 amide bonds. The number of hydrogen-bond acceptors (Lipinski definition) is 4. The molecule has 1 heterocycles. The highest BCUT2D eigenvalue weighted by molar-refractivity contribution is 5.94. The molecule has 2 aromatic carbocycles. The van der Waals surface area contributed by atoms with E-state index in [4.69, 9.17) is 10.5 Å². The van der Waals surface area contributed by atoms with E-state index >= 15 is 0 Å². The molecule has 0 bridgehead atoms. The second-order valence-corrected chi connectivity index (χ2v) is 5.83. The van der Waals surface area contributed by atoms with Gasteiger partial charge in [0.25, 0.3) is 5.91 Å². The first kappa shape index (κ1) is 17.3. The van der Waals surface area contributed by atoms with E-state index in [9.17, 15) is 14.4 Å². The van der Waals surface area contributed by atoms with Crippen LogP contribution in [0.15, 0.2) is 47.3 Å². The first-order chi connectivity index (χ1) is 12.4. The lowest BCUT2D eigenvalue weighted by molar-refractivity contribution is -0.118. The summed E-state index contributed by atoms with van der Waals surface area (Å²) in [6, 6.07) is 11.5. The van der Waals surface area contributed by atoms with E-state index in [2.05, 4.69) is 5.32 Å². The van der Waals surface area contributed by atoms with E-state index in [0.717, 1.165) is 5.52 Å². The lowest BCUT2D eigenvalue weighted by atomic mass is 10.2. The molecule has 8 nitrogen and oxygen atoms in total. The summed E-state index contributed by atoms with van der Waals surface area (Å²) in [6.07, 6.45) is 0. The van der Waals surface area contributed by atoms with Gasteiger partial charge in [-0.3, -0.25) is 18.7 Å². The number of carbonyl (C=O) groups is 2. The van der Waals surface area contributed by atoms with E-state index in [0.29, 0.717) is 22.5 Å². The van der Waals surface area contributed by atoms with Gasteiger partial charge in [-0.15, -0.1) is 0 Å². The Hall–Kier alpha value is -3.55. The summed E-state index contributed by atoms with van der Waals surface area (Å²) >= 11 is 0. The number of ether oxygens (including phenoxy) is 1. The van der Waals surface area contributed by atoms with Gasteiger partial charge in [0.15, 0.2) is 6.61 Å². The molecule has 8 heteroatoms. The summed E-state index contributed by atoms with van der Waals surface area (Å²) in [7, 11) is 3.36. The third-order valence-electron chi connectivity index (χ3n) is 4.04.